The van der Waals surface area contributed by atoms with E-state index in [0.717, 1.165) is 25.7 Å². The summed E-state index contributed by atoms with van der Waals surface area (Å²) in [6.45, 7) is 15.7. The van der Waals surface area contributed by atoms with E-state index in [-0.39, 0.29) is 0 Å². The summed E-state index contributed by atoms with van der Waals surface area (Å²) in [5.74, 6) is 0. The summed E-state index contributed by atoms with van der Waals surface area (Å²) < 4.78 is 1.42. The molecule has 0 aliphatic rings. The van der Waals surface area contributed by atoms with E-state index in [1.807, 2.05) is 29.6 Å². The molecule has 0 nitrogen and oxygen atoms in total. The van der Waals surface area contributed by atoms with Crippen LogP contribution in [0, 0.1) is 0 Å². The Balaban J connectivity index is 3.26. The molecule has 0 aliphatic heterocycles. The summed E-state index contributed by atoms with van der Waals surface area (Å²) >= 11 is 2.47. The van der Waals surface area contributed by atoms with Crippen molar-refractivity contribution in [2.45, 2.75) is 25.7 Å². The van der Waals surface area contributed by atoms with Crippen molar-refractivity contribution in [3.63, 3.8) is 0 Å². The Kier molecular flexibility index (Phi) is 6.72. The number of allylic oxidation sites excluding steroid dienone is 4. The van der Waals surface area contributed by atoms with Crippen molar-refractivity contribution < 1.29 is 0 Å². The number of hydrogen-bond acceptors (Lipinski definition) is 1. The summed E-state index contributed by atoms with van der Waals surface area (Å²) in [6, 6.07) is 0. The molecule has 0 bridgehead atoms. The van der Waals surface area contributed by atoms with E-state index < -0.39 is 0 Å². The number of thiophene rings is 1. The third kappa shape index (κ3) is 3.99. The van der Waals surface area contributed by atoms with Gasteiger partial charge < -0.3 is 0 Å². The van der Waals surface area contributed by atoms with Gasteiger partial charge in [-0.3, -0.25) is 0 Å². The van der Waals surface area contributed by atoms with Crippen LogP contribution in [0.15, 0.2) is 48.1 Å². The van der Waals surface area contributed by atoms with Crippen molar-refractivity contribution in [3.05, 3.63) is 69.0 Å². The van der Waals surface area contributed by atoms with E-state index in [2.05, 4.69) is 26.3 Å². The first-order chi connectivity index (χ1) is 8.63. The average molecular weight is 365 g/mol. The summed E-state index contributed by atoms with van der Waals surface area (Å²) in [7, 11) is 0. The zero-order valence-electron chi connectivity index (χ0n) is 11.3. The second kappa shape index (κ2) is 7.80. The van der Waals surface area contributed by atoms with E-state index in [1.54, 1.807) is 0 Å². The van der Waals surface area contributed by atoms with Gasteiger partial charge in [-0.1, -0.05) is 0 Å². The molecule has 96 valence electrons. The Morgan fingerprint density at radius 1 is 0.944 bits per heavy atom. The molecule has 1 rings (SSSR count). The SMILES string of the molecule is C=CCc1sc(C[C](=C)[SnH3])c(CC=C)c1CC=C. The topological polar surface area (TPSA) is 0 Å². The Morgan fingerprint density at radius 2 is 1.44 bits per heavy atom. The predicted octanol–water partition coefficient (Wildman–Crippen LogP) is 3.36. The molecule has 0 unspecified atom stereocenters. The van der Waals surface area contributed by atoms with Crippen molar-refractivity contribution in [3.8, 4) is 0 Å². The van der Waals surface area contributed by atoms with E-state index >= 15 is 0 Å². The third-order valence-corrected chi connectivity index (χ3v) is 5.08. The van der Waals surface area contributed by atoms with Gasteiger partial charge in [-0.2, -0.15) is 0 Å². The molecule has 0 aliphatic carbocycles. The second-order valence-electron chi connectivity index (χ2n) is 4.52. The van der Waals surface area contributed by atoms with E-state index in [4.69, 9.17) is 0 Å². The fraction of sp³-hybridized carbons (Fsp3) is 0.250. The monoisotopic (exact) mass is 366 g/mol. The fourth-order valence-corrected chi connectivity index (χ4v) is 5.30. The molecule has 0 saturated carbocycles. The Morgan fingerprint density at radius 3 is 1.89 bits per heavy atom. The maximum absolute atomic E-state index is 4.12. The molecule has 0 aromatic carbocycles. The quantitative estimate of drug-likeness (QED) is 0.490. The van der Waals surface area contributed by atoms with Gasteiger partial charge in [-0.15, -0.1) is 0 Å². The molecule has 1 heterocycles. The zero-order valence-corrected chi connectivity index (χ0v) is 17.8. The molecule has 1 aromatic rings. The molecular weight excluding hydrogens is 343 g/mol. The maximum atomic E-state index is 4.12. The van der Waals surface area contributed by atoms with Crippen LogP contribution in [-0.2, 0) is 25.7 Å². The summed E-state index contributed by atoms with van der Waals surface area (Å²) in [5.41, 5.74) is 2.90. The fourth-order valence-electron chi connectivity index (χ4n) is 2.08. The summed E-state index contributed by atoms with van der Waals surface area (Å²) in [5, 5.41) is 0. The van der Waals surface area contributed by atoms with Crippen molar-refractivity contribution in [2.75, 3.05) is 0 Å². The molecule has 0 atom stereocenters. The van der Waals surface area contributed by atoms with Crippen LogP contribution in [0.5, 0.6) is 0 Å². The van der Waals surface area contributed by atoms with Crippen LogP contribution in [0.25, 0.3) is 0 Å². The Bertz CT molecular complexity index is 466. The van der Waals surface area contributed by atoms with Gasteiger partial charge in [0.1, 0.15) is 0 Å². The van der Waals surface area contributed by atoms with Gasteiger partial charge in [0.25, 0.3) is 0 Å². The summed E-state index contributed by atoms with van der Waals surface area (Å²) in [4.78, 5) is 2.92. The molecule has 18 heavy (non-hydrogen) atoms. The van der Waals surface area contributed by atoms with Crippen molar-refractivity contribution >= 4 is 33.9 Å². The van der Waals surface area contributed by atoms with E-state index in [9.17, 15) is 0 Å². The van der Waals surface area contributed by atoms with Crippen LogP contribution < -0.4 is 0 Å². The molecule has 0 N–H and O–H groups in total. The number of rotatable bonds is 8. The van der Waals surface area contributed by atoms with Gasteiger partial charge in [0.05, 0.1) is 0 Å². The first kappa shape index (κ1) is 15.5. The molecule has 2 heteroatoms. The molecule has 0 radical (unpaired) electrons. The molecule has 1 aromatic heterocycles. The van der Waals surface area contributed by atoms with Crippen LogP contribution in [-0.4, -0.2) is 22.5 Å². The normalized spacial score (nSPS) is 10.2. The van der Waals surface area contributed by atoms with Gasteiger partial charge in [-0.05, 0) is 0 Å². The van der Waals surface area contributed by atoms with E-state index in [0.29, 0.717) is 22.5 Å². The van der Waals surface area contributed by atoms with Crippen LogP contribution in [0.2, 0.25) is 0 Å². The molecular formula is C16H22SSn. The first-order valence-corrected chi connectivity index (χ1v) is 9.90. The first-order valence-electron chi connectivity index (χ1n) is 6.23. The van der Waals surface area contributed by atoms with Gasteiger partial charge in [0, 0.05) is 0 Å². The standard InChI is InChI=1S/C16H19S.Sn.3H/c1-5-9-13-14(10-6-2)16(12-8-4)17-15(13)11-7-3;;;;/h5-7H,1-4,9-12H2;;;;. The van der Waals surface area contributed by atoms with Crippen LogP contribution >= 0.6 is 11.3 Å². The zero-order chi connectivity index (χ0) is 13.5. The average Bonchev–Trinajstić information content (AvgIpc) is 2.59. The minimum absolute atomic E-state index is 0.543. The second-order valence-corrected chi connectivity index (χ2v) is 9.74. The van der Waals surface area contributed by atoms with Crippen molar-refractivity contribution in [2.24, 2.45) is 0 Å². The van der Waals surface area contributed by atoms with Crippen LogP contribution in [0.1, 0.15) is 20.9 Å². The molecule has 0 spiro atoms. The number of hydrogen-bond donors (Lipinski definition) is 0. The van der Waals surface area contributed by atoms with Gasteiger partial charge >= 0.3 is 129 Å². The molecule has 0 saturated heterocycles. The summed E-state index contributed by atoms with van der Waals surface area (Å²) in [6.07, 6.45) is 9.89. The third-order valence-electron chi connectivity index (χ3n) is 2.77. The van der Waals surface area contributed by atoms with Gasteiger partial charge in [0.15, 0.2) is 0 Å². The van der Waals surface area contributed by atoms with Gasteiger partial charge in [-0.25, -0.2) is 0 Å². The van der Waals surface area contributed by atoms with Crippen LogP contribution in [0.4, 0.5) is 0 Å². The van der Waals surface area contributed by atoms with Gasteiger partial charge in [0.2, 0.25) is 0 Å². The van der Waals surface area contributed by atoms with Crippen molar-refractivity contribution in [1.82, 2.24) is 0 Å². The molecule has 0 fully saturated rings. The van der Waals surface area contributed by atoms with Crippen molar-refractivity contribution in [1.29, 1.82) is 0 Å². The van der Waals surface area contributed by atoms with Crippen LogP contribution in [0.3, 0.4) is 0 Å². The Labute approximate surface area is 128 Å². The molecule has 0 amide bonds. The van der Waals surface area contributed by atoms with E-state index in [1.165, 1.54) is 24.5 Å². The predicted molar refractivity (Wildman–Crippen MR) is 88.8 cm³/mol. The minimum atomic E-state index is 0.543. The Hall–Kier alpha value is -0.541.